The van der Waals surface area contributed by atoms with Crippen LogP contribution in [0, 0.1) is 0 Å². The first-order chi connectivity index (χ1) is 15.1. The van der Waals surface area contributed by atoms with Crippen molar-refractivity contribution in [2.45, 2.75) is 25.4 Å². The summed E-state index contributed by atoms with van der Waals surface area (Å²) in [5, 5.41) is 7.91. The van der Waals surface area contributed by atoms with E-state index in [1.807, 2.05) is 47.2 Å². The molecule has 0 aliphatic carbocycles. The number of benzene rings is 1. The summed E-state index contributed by atoms with van der Waals surface area (Å²) in [7, 11) is 1.63. The van der Waals surface area contributed by atoms with E-state index in [0.29, 0.717) is 31.0 Å². The number of ether oxygens (including phenoxy) is 1. The van der Waals surface area contributed by atoms with Crippen LogP contribution in [0.2, 0.25) is 0 Å². The Hall–Kier alpha value is -2.36. The van der Waals surface area contributed by atoms with Gasteiger partial charge in [-0.05, 0) is 35.6 Å². The fraction of sp³-hybridized carbons (Fsp3) is 0.318. The Kier molecular flexibility index (Phi) is 7.26. The molecule has 1 aromatic carbocycles. The Morgan fingerprint density at radius 3 is 2.81 bits per heavy atom. The normalized spacial score (nSPS) is 15.8. The van der Waals surface area contributed by atoms with Crippen LogP contribution in [0.3, 0.4) is 0 Å². The van der Waals surface area contributed by atoms with E-state index in [9.17, 15) is 9.59 Å². The number of carbonyl (C=O) groups excluding carboxylic acids is 2. The van der Waals surface area contributed by atoms with Gasteiger partial charge in [0.05, 0.1) is 30.1 Å². The molecule has 1 fully saturated rings. The largest absolute Gasteiger partial charge is 0.497 e. The summed E-state index contributed by atoms with van der Waals surface area (Å²) in [6.45, 7) is 0.371. The van der Waals surface area contributed by atoms with Crippen LogP contribution in [-0.2, 0) is 22.6 Å². The van der Waals surface area contributed by atoms with Crippen molar-refractivity contribution in [3.8, 4) is 15.6 Å². The highest BCUT2D eigenvalue weighted by Crippen LogP contribution is 2.28. The lowest BCUT2D eigenvalue weighted by molar-refractivity contribution is -0.138. The third kappa shape index (κ3) is 5.47. The summed E-state index contributed by atoms with van der Waals surface area (Å²) in [4.78, 5) is 32.9. The van der Waals surface area contributed by atoms with E-state index in [1.54, 1.807) is 46.4 Å². The molecule has 6 nitrogen and oxygen atoms in total. The predicted molar refractivity (Wildman–Crippen MR) is 127 cm³/mol. The molecule has 4 rings (SSSR count). The van der Waals surface area contributed by atoms with Crippen LogP contribution < -0.4 is 10.1 Å². The summed E-state index contributed by atoms with van der Waals surface area (Å²) < 4.78 is 5.17. The van der Waals surface area contributed by atoms with Crippen molar-refractivity contribution in [3.63, 3.8) is 0 Å². The van der Waals surface area contributed by atoms with E-state index >= 15 is 0 Å². The number of thiophene rings is 1. The van der Waals surface area contributed by atoms with Crippen LogP contribution in [0.15, 0.2) is 47.2 Å². The summed E-state index contributed by atoms with van der Waals surface area (Å²) in [5.74, 6) is 1.87. The van der Waals surface area contributed by atoms with Crippen molar-refractivity contribution in [2.75, 3.05) is 18.7 Å². The number of amides is 2. The zero-order valence-corrected chi connectivity index (χ0v) is 19.5. The Bertz CT molecular complexity index is 1020. The molecule has 0 bridgehead atoms. The minimum absolute atomic E-state index is 0.00890. The van der Waals surface area contributed by atoms with E-state index in [4.69, 9.17) is 4.74 Å². The minimum Gasteiger partial charge on any atom is -0.497 e. The third-order valence-corrected chi connectivity index (χ3v) is 7.96. The molecule has 9 heteroatoms. The standard InChI is InChI=1S/C22H23N3O3S3/c1-28-17-7-4-15(5-8-17)6-9-20(26)25-14-29-13-18(25)21(27)23-11-16-12-31-22(24-16)19-3-2-10-30-19/h2-5,7-8,10,12,18H,6,9,11,13-14H2,1H3,(H,23,27). The van der Waals surface area contributed by atoms with Gasteiger partial charge in [-0.25, -0.2) is 4.98 Å². The highest BCUT2D eigenvalue weighted by Gasteiger charge is 2.34. The second-order valence-corrected chi connectivity index (χ2v) is 9.87. The molecule has 1 saturated heterocycles. The maximum atomic E-state index is 12.8. The number of aromatic nitrogens is 1. The smallest absolute Gasteiger partial charge is 0.244 e. The van der Waals surface area contributed by atoms with Gasteiger partial charge in [-0.1, -0.05) is 18.2 Å². The first kappa shape index (κ1) is 21.9. The number of hydrogen-bond donors (Lipinski definition) is 1. The Morgan fingerprint density at radius 2 is 2.06 bits per heavy atom. The van der Waals surface area contributed by atoms with Crippen LogP contribution in [0.4, 0.5) is 0 Å². The van der Waals surface area contributed by atoms with Crippen molar-refractivity contribution < 1.29 is 14.3 Å². The number of aryl methyl sites for hydroxylation is 1. The van der Waals surface area contributed by atoms with Gasteiger partial charge in [0.25, 0.3) is 0 Å². The van der Waals surface area contributed by atoms with Gasteiger partial charge in [0, 0.05) is 17.6 Å². The molecular formula is C22H23N3O3S3. The molecule has 31 heavy (non-hydrogen) atoms. The van der Waals surface area contributed by atoms with E-state index in [1.165, 1.54) is 0 Å². The number of carbonyl (C=O) groups is 2. The molecular weight excluding hydrogens is 450 g/mol. The lowest BCUT2D eigenvalue weighted by Gasteiger charge is -2.23. The van der Waals surface area contributed by atoms with Gasteiger partial charge in [-0.3, -0.25) is 9.59 Å². The molecule has 0 spiro atoms. The Morgan fingerprint density at radius 1 is 1.23 bits per heavy atom. The van der Waals surface area contributed by atoms with Gasteiger partial charge in [0.2, 0.25) is 11.8 Å². The number of thiazole rings is 1. The summed E-state index contributed by atoms with van der Waals surface area (Å²) in [5.41, 5.74) is 1.91. The summed E-state index contributed by atoms with van der Waals surface area (Å²) in [6, 6.07) is 11.3. The van der Waals surface area contributed by atoms with Crippen molar-refractivity contribution in [3.05, 3.63) is 58.4 Å². The van der Waals surface area contributed by atoms with Crippen LogP contribution >= 0.6 is 34.4 Å². The molecule has 0 saturated carbocycles. The Labute approximate surface area is 193 Å². The zero-order valence-electron chi connectivity index (χ0n) is 17.1. The quantitative estimate of drug-likeness (QED) is 0.535. The first-order valence-electron chi connectivity index (χ1n) is 9.90. The van der Waals surface area contributed by atoms with Gasteiger partial charge >= 0.3 is 0 Å². The fourth-order valence-electron chi connectivity index (χ4n) is 3.29. The minimum atomic E-state index is -0.427. The summed E-state index contributed by atoms with van der Waals surface area (Å²) in [6.07, 6.45) is 1.02. The molecule has 1 aliphatic rings. The van der Waals surface area contributed by atoms with Gasteiger partial charge in [0.1, 0.15) is 16.8 Å². The van der Waals surface area contributed by atoms with E-state index < -0.39 is 6.04 Å². The number of rotatable bonds is 8. The highest BCUT2D eigenvalue weighted by molar-refractivity contribution is 7.99. The molecule has 1 aliphatic heterocycles. The van der Waals surface area contributed by atoms with Crippen molar-refractivity contribution in [1.29, 1.82) is 0 Å². The maximum absolute atomic E-state index is 12.8. The average molecular weight is 474 g/mol. The van der Waals surface area contributed by atoms with Gasteiger partial charge in [0.15, 0.2) is 0 Å². The van der Waals surface area contributed by atoms with Gasteiger partial charge in [-0.2, -0.15) is 0 Å². The second kappa shape index (κ2) is 10.3. The fourth-order valence-corrected chi connectivity index (χ4v) is 6.10. The maximum Gasteiger partial charge on any atom is 0.244 e. The number of methoxy groups -OCH3 is 1. The molecule has 162 valence electrons. The third-order valence-electron chi connectivity index (χ3n) is 5.02. The van der Waals surface area contributed by atoms with Crippen molar-refractivity contribution >= 4 is 46.2 Å². The average Bonchev–Trinajstić information content (AvgIpc) is 3.56. The van der Waals surface area contributed by atoms with Crippen LogP contribution in [-0.4, -0.2) is 46.5 Å². The van der Waals surface area contributed by atoms with Gasteiger partial charge < -0.3 is 15.0 Å². The van der Waals surface area contributed by atoms with E-state index in [0.717, 1.165) is 26.9 Å². The lowest BCUT2D eigenvalue weighted by Crippen LogP contribution is -2.47. The molecule has 3 heterocycles. The molecule has 1 N–H and O–H groups in total. The molecule has 2 amide bonds. The summed E-state index contributed by atoms with van der Waals surface area (Å²) >= 11 is 4.84. The topological polar surface area (TPSA) is 71.5 Å². The molecule has 2 aromatic heterocycles. The van der Waals surface area contributed by atoms with E-state index in [-0.39, 0.29) is 11.8 Å². The zero-order chi connectivity index (χ0) is 21.6. The van der Waals surface area contributed by atoms with Gasteiger partial charge in [-0.15, -0.1) is 34.4 Å². The van der Waals surface area contributed by atoms with Crippen LogP contribution in [0.1, 0.15) is 17.7 Å². The van der Waals surface area contributed by atoms with Crippen molar-refractivity contribution in [2.24, 2.45) is 0 Å². The number of nitrogens with zero attached hydrogens (tertiary/aromatic N) is 2. The predicted octanol–water partition coefficient (Wildman–Crippen LogP) is 4.03. The number of hydrogen-bond acceptors (Lipinski definition) is 7. The lowest BCUT2D eigenvalue weighted by atomic mass is 10.1. The monoisotopic (exact) mass is 473 g/mol. The first-order valence-corrected chi connectivity index (χ1v) is 12.8. The van der Waals surface area contributed by atoms with E-state index in [2.05, 4.69) is 10.3 Å². The van der Waals surface area contributed by atoms with Crippen LogP contribution in [0.5, 0.6) is 5.75 Å². The molecule has 0 radical (unpaired) electrons. The molecule has 1 unspecified atom stereocenters. The second-order valence-electron chi connectivity index (χ2n) is 7.07. The number of nitrogens with one attached hydrogen (secondary N) is 1. The highest BCUT2D eigenvalue weighted by atomic mass is 32.2. The number of thioether (sulfide) groups is 1. The SMILES string of the molecule is COc1ccc(CCC(=O)N2CSCC2C(=O)NCc2csc(-c3cccs3)n2)cc1. The molecule has 1 atom stereocenters. The Balaban J connectivity index is 1.28. The van der Waals surface area contributed by atoms with Crippen LogP contribution in [0.25, 0.3) is 9.88 Å². The van der Waals surface area contributed by atoms with Crippen molar-refractivity contribution in [1.82, 2.24) is 15.2 Å². The molecule has 3 aromatic rings.